The van der Waals surface area contributed by atoms with Crippen LogP contribution in [0.25, 0.3) is 0 Å². The molecule has 2 nitrogen and oxygen atoms in total. The van der Waals surface area contributed by atoms with Crippen LogP contribution in [0.5, 0.6) is 0 Å². The van der Waals surface area contributed by atoms with Gasteiger partial charge in [-0.25, -0.2) is 0 Å². The van der Waals surface area contributed by atoms with Gasteiger partial charge in [-0.2, -0.15) is 0 Å². The van der Waals surface area contributed by atoms with Crippen molar-refractivity contribution >= 4 is 12.6 Å². The Morgan fingerprint density at radius 2 is 1.89 bits per heavy atom. The molecule has 3 rings (SSSR count). The normalized spacial score (nSPS) is 21.7. The summed E-state index contributed by atoms with van der Waals surface area (Å²) in [6.07, 6.45) is 4.99. The van der Waals surface area contributed by atoms with Gasteiger partial charge in [0, 0.05) is 0 Å². The summed E-state index contributed by atoms with van der Waals surface area (Å²) in [5.41, 5.74) is 3.67. The molecule has 3 heteroatoms. The molecule has 1 aliphatic carbocycles. The molecule has 0 aromatic heterocycles. The van der Waals surface area contributed by atoms with Gasteiger partial charge in [0.15, 0.2) is 0 Å². The van der Waals surface area contributed by atoms with Gasteiger partial charge >= 0.3 is 7.12 Å². The van der Waals surface area contributed by atoms with Crippen LogP contribution in [0, 0.1) is 0 Å². The lowest BCUT2D eigenvalue weighted by Crippen LogP contribution is -2.35. The van der Waals surface area contributed by atoms with Gasteiger partial charge in [-0.05, 0) is 56.1 Å². The van der Waals surface area contributed by atoms with Gasteiger partial charge in [-0.1, -0.05) is 24.8 Å². The van der Waals surface area contributed by atoms with Crippen molar-refractivity contribution in [1.82, 2.24) is 0 Å². The minimum Gasteiger partial charge on any atom is -0.534 e. The summed E-state index contributed by atoms with van der Waals surface area (Å²) in [5, 5.41) is 0. The molecule has 0 amide bonds. The monoisotopic (exact) mass is 242 g/mol. The molecule has 0 spiro atoms. The van der Waals surface area contributed by atoms with Gasteiger partial charge in [0.1, 0.15) is 5.60 Å². The standard InChI is InChI=1S/C15H19BO2/c1-11-15(2,3)18-16(17-11)14-9-8-12-6-4-5-7-13(12)10-14/h8-10H,1,4-7H2,2-3H3. The fourth-order valence-corrected chi connectivity index (χ4v) is 2.66. The van der Waals surface area contributed by atoms with Crippen LogP contribution in [0.15, 0.2) is 30.5 Å². The predicted octanol–water partition coefficient (Wildman–Crippen LogP) is 2.60. The second-order valence-electron chi connectivity index (χ2n) is 5.74. The maximum absolute atomic E-state index is 5.92. The van der Waals surface area contributed by atoms with Crippen molar-refractivity contribution < 1.29 is 9.31 Å². The minimum absolute atomic E-state index is 0.292. The van der Waals surface area contributed by atoms with E-state index >= 15 is 0 Å². The molecular formula is C15H19BO2. The van der Waals surface area contributed by atoms with Gasteiger partial charge in [0.2, 0.25) is 0 Å². The van der Waals surface area contributed by atoms with Crippen LogP contribution in [0.4, 0.5) is 0 Å². The zero-order chi connectivity index (χ0) is 12.8. The first-order valence-corrected chi connectivity index (χ1v) is 6.72. The maximum atomic E-state index is 5.92. The topological polar surface area (TPSA) is 18.5 Å². The van der Waals surface area contributed by atoms with E-state index in [1.807, 2.05) is 13.8 Å². The van der Waals surface area contributed by atoms with E-state index < -0.39 is 0 Å². The summed E-state index contributed by atoms with van der Waals surface area (Å²) in [6, 6.07) is 6.60. The van der Waals surface area contributed by atoms with Crippen molar-refractivity contribution in [3.05, 3.63) is 41.7 Å². The lowest BCUT2D eigenvalue weighted by atomic mass is 9.76. The van der Waals surface area contributed by atoms with Crippen LogP contribution >= 0.6 is 0 Å². The van der Waals surface area contributed by atoms with Crippen LogP contribution in [0.2, 0.25) is 0 Å². The van der Waals surface area contributed by atoms with Crippen molar-refractivity contribution in [2.75, 3.05) is 0 Å². The molecule has 94 valence electrons. The Morgan fingerprint density at radius 3 is 2.56 bits per heavy atom. The molecule has 0 atom stereocenters. The summed E-state index contributed by atoms with van der Waals surface area (Å²) in [7, 11) is -0.292. The molecule has 1 aromatic carbocycles. The molecule has 1 aromatic rings. The van der Waals surface area contributed by atoms with Gasteiger partial charge in [-0.3, -0.25) is 0 Å². The molecule has 0 N–H and O–H groups in total. The van der Waals surface area contributed by atoms with Crippen molar-refractivity contribution in [3.63, 3.8) is 0 Å². The van der Waals surface area contributed by atoms with E-state index in [0.29, 0.717) is 5.76 Å². The SMILES string of the molecule is C=C1OB(c2ccc3c(c2)CCCC3)OC1(C)C. The Labute approximate surface area is 109 Å². The molecule has 18 heavy (non-hydrogen) atoms. The fourth-order valence-electron chi connectivity index (χ4n) is 2.66. The van der Waals surface area contributed by atoms with Crippen LogP contribution in [0.3, 0.4) is 0 Å². The highest BCUT2D eigenvalue weighted by atomic mass is 16.7. The van der Waals surface area contributed by atoms with E-state index in [1.165, 1.54) is 36.8 Å². The minimum atomic E-state index is -0.388. The quantitative estimate of drug-likeness (QED) is 0.705. The Balaban J connectivity index is 1.88. The molecule has 0 bridgehead atoms. The first-order valence-electron chi connectivity index (χ1n) is 6.72. The highest BCUT2D eigenvalue weighted by molar-refractivity contribution is 6.62. The Bertz CT molecular complexity index is 493. The van der Waals surface area contributed by atoms with Crippen molar-refractivity contribution in [2.45, 2.75) is 45.1 Å². The number of hydrogen-bond acceptors (Lipinski definition) is 2. The third-order valence-corrected chi connectivity index (χ3v) is 3.97. The number of benzene rings is 1. The van der Waals surface area contributed by atoms with Gasteiger partial charge in [-0.15, -0.1) is 0 Å². The van der Waals surface area contributed by atoms with Crippen molar-refractivity contribution in [3.8, 4) is 0 Å². The zero-order valence-corrected chi connectivity index (χ0v) is 11.2. The molecule has 1 saturated heterocycles. The molecule has 0 saturated carbocycles. The third-order valence-electron chi connectivity index (χ3n) is 3.97. The maximum Gasteiger partial charge on any atom is 0.563 e. The summed E-state index contributed by atoms with van der Waals surface area (Å²) in [5.74, 6) is 0.713. The van der Waals surface area contributed by atoms with Crippen LogP contribution in [0.1, 0.15) is 37.8 Å². The smallest absolute Gasteiger partial charge is 0.534 e. The van der Waals surface area contributed by atoms with Crippen molar-refractivity contribution in [2.24, 2.45) is 0 Å². The summed E-state index contributed by atoms with van der Waals surface area (Å²) >= 11 is 0. The van der Waals surface area contributed by atoms with Crippen LogP contribution in [-0.4, -0.2) is 12.7 Å². The largest absolute Gasteiger partial charge is 0.563 e. The van der Waals surface area contributed by atoms with E-state index in [2.05, 4.69) is 24.8 Å². The Morgan fingerprint density at radius 1 is 1.17 bits per heavy atom. The number of rotatable bonds is 1. The summed E-state index contributed by atoms with van der Waals surface area (Å²) < 4.78 is 11.7. The molecular weight excluding hydrogens is 223 g/mol. The van der Waals surface area contributed by atoms with Gasteiger partial charge in [0.25, 0.3) is 0 Å². The first-order chi connectivity index (χ1) is 8.56. The summed E-state index contributed by atoms with van der Waals surface area (Å²) in [4.78, 5) is 0. The molecule has 0 radical (unpaired) electrons. The van der Waals surface area contributed by atoms with Gasteiger partial charge < -0.3 is 9.31 Å². The second kappa shape index (κ2) is 4.16. The van der Waals surface area contributed by atoms with E-state index in [1.54, 1.807) is 0 Å². The highest BCUT2D eigenvalue weighted by Crippen LogP contribution is 2.29. The van der Waals surface area contributed by atoms with Crippen LogP contribution < -0.4 is 5.46 Å². The average molecular weight is 242 g/mol. The predicted molar refractivity (Wildman–Crippen MR) is 73.9 cm³/mol. The molecule has 1 heterocycles. The van der Waals surface area contributed by atoms with Crippen molar-refractivity contribution in [1.29, 1.82) is 0 Å². The highest BCUT2D eigenvalue weighted by Gasteiger charge is 2.42. The van der Waals surface area contributed by atoms with E-state index in [9.17, 15) is 0 Å². The molecule has 2 aliphatic rings. The number of fused-ring (bicyclic) bond motifs is 1. The molecule has 0 unspecified atom stereocenters. The third kappa shape index (κ3) is 1.97. The lowest BCUT2D eigenvalue weighted by molar-refractivity contribution is 0.173. The summed E-state index contributed by atoms with van der Waals surface area (Å²) in [6.45, 7) is 7.91. The lowest BCUT2D eigenvalue weighted by Gasteiger charge is -2.17. The van der Waals surface area contributed by atoms with Gasteiger partial charge in [0.05, 0.1) is 5.76 Å². The Kier molecular flexibility index (Phi) is 2.74. The second-order valence-corrected chi connectivity index (χ2v) is 5.74. The fraction of sp³-hybridized carbons (Fsp3) is 0.467. The average Bonchev–Trinajstić information content (AvgIpc) is 2.63. The van der Waals surface area contributed by atoms with E-state index in [-0.39, 0.29) is 12.7 Å². The molecule has 1 fully saturated rings. The first kappa shape index (κ1) is 11.9. The Hall–Kier alpha value is -1.22. The molecule has 1 aliphatic heterocycles. The zero-order valence-electron chi connectivity index (χ0n) is 11.2. The van der Waals surface area contributed by atoms with E-state index in [4.69, 9.17) is 9.31 Å². The number of hydrogen-bond donors (Lipinski definition) is 0. The van der Waals surface area contributed by atoms with Crippen LogP contribution in [-0.2, 0) is 22.2 Å². The van der Waals surface area contributed by atoms with E-state index in [0.717, 1.165) is 5.46 Å². The number of aryl methyl sites for hydroxylation is 2.